The number of aromatic nitrogens is 2. The average molecular weight is 395 g/mol. The number of pyridine rings is 2. The first kappa shape index (κ1) is 16.6. The van der Waals surface area contributed by atoms with Crippen molar-refractivity contribution in [3.8, 4) is 11.3 Å². The smallest absolute Gasteiger partial charge is 0.227 e. The molecule has 0 N–H and O–H groups in total. The number of rotatable bonds is 2. The third-order valence-electron chi connectivity index (χ3n) is 6.62. The molecule has 2 aromatic carbocycles. The second-order valence-electron chi connectivity index (χ2n) is 8.48. The highest BCUT2D eigenvalue weighted by Gasteiger charge is 2.25. The summed E-state index contributed by atoms with van der Waals surface area (Å²) in [5, 5.41) is 4.44. The molecule has 0 unspecified atom stereocenters. The van der Waals surface area contributed by atoms with Crippen LogP contribution in [0.25, 0.3) is 44.1 Å². The molecule has 0 saturated heterocycles. The van der Waals surface area contributed by atoms with Gasteiger partial charge in [-0.3, -0.25) is 0 Å². The zero-order valence-corrected chi connectivity index (χ0v) is 17.4. The van der Waals surface area contributed by atoms with Gasteiger partial charge in [-0.05, 0) is 42.2 Å². The minimum Gasteiger partial charge on any atom is -0.437 e. The van der Waals surface area contributed by atoms with Crippen molar-refractivity contribution in [2.24, 2.45) is 7.05 Å². The quantitative estimate of drug-likeness (QED) is 0.316. The largest absolute Gasteiger partial charge is 0.437 e. The standard InChI is InChI=1S/C27H25N2O/c1-17-11-12-22-25-21-10-6-5-9-20(21)16-28-27(25)30-26(22)24(17)23-15-19(13-14-29(23)2)18-7-3-4-8-18/h5-6,9-16,18H,3-4,7-8H2,1-2H3/q+1/i18D. The molecule has 6 rings (SSSR count). The third kappa shape index (κ3) is 2.58. The van der Waals surface area contributed by atoms with Crippen molar-refractivity contribution in [1.29, 1.82) is 0 Å². The van der Waals surface area contributed by atoms with Gasteiger partial charge < -0.3 is 4.42 Å². The van der Waals surface area contributed by atoms with Crippen LogP contribution in [-0.4, -0.2) is 4.98 Å². The van der Waals surface area contributed by atoms with E-state index < -0.39 is 5.89 Å². The van der Waals surface area contributed by atoms with Crippen molar-refractivity contribution in [3.05, 3.63) is 72.1 Å². The van der Waals surface area contributed by atoms with Crippen LogP contribution in [0.3, 0.4) is 0 Å². The molecule has 1 saturated carbocycles. The maximum absolute atomic E-state index is 9.00. The Bertz CT molecular complexity index is 1480. The maximum atomic E-state index is 9.00. The summed E-state index contributed by atoms with van der Waals surface area (Å²) in [4.78, 5) is 4.62. The predicted molar refractivity (Wildman–Crippen MR) is 122 cm³/mol. The summed E-state index contributed by atoms with van der Waals surface area (Å²) in [5.74, 6) is -0.476. The number of aryl methyl sites for hydroxylation is 2. The molecule has 1 fully saturated rings. The van der Waals surface area contributed by atoms with E-state index in [2.05, 4.69) is 72.2 Å². The molecule has 0 atom stereocenters. The van der Waals surface area contributed by atoms with E-state index >= 15 is 0 Å². The molecule has 0 bridgehead atoms. The Morgan fingerprint density at radius 1 is 1.07 bits per heavy atom. The van der Waals surface area contributed by atoms with E-state index in [9.17, 15) is 0 Å². The summed E-state index contributed by atoms with van der Waals surface area (Å²) in [7, 11) is 2.07. The number of benzene rings is 2. The van der Waals surface area contributed by atoms with Crippen LogP contribution in [0.2, 0.25) is 0 Å². The van der Waals surface area contributed by atoms with E-state index in [0.717, 1.165) is 75.2 Å². The number of nitrogens with zero attached hydrogens (tertiary/aromatic N) is 2. The highest BCUT2D eigenvalue weighted by atomic mass is 16.3. The van der Waals surface area contributed by atoms with Crippen LogP contribution in [0, 0.1) is 6.92 Å². The highest BCUT2D eigenvalue weighted by molar-refractivity contribution is 6.19. The third-order valence-corrected chi connectivity index (χ3v) is 6.62. The van der Waals surface area contributed by atoms with Crippen molar-refractivity contribution < 1.29 is 10.4 Å². The van der Waals surface area contributed by atoms with Gasteiger partial charge in [0.15, 0.2) is 11.8 Å². The molecule has 3 heteroatoms. The maximum Gasteiger partial charge on any atom is 0.227 e. The molecule has 3 nitrogen and oxygen atoms in total. The van der Waals surface area contributed by atoms with Crippen LogP contribution in [0.4, 0.5) is 0 Å². The molecule has 0 radical (unpaired) electrons. The molecular formula is C27H25N2O+. The average Bonchev–Trinajstić information content (AvgIpc) is 3.39. The second-order valence-corrected chi connectivity index (χ2v) is 8.48. The van der Waals surface area contributed by atoms with Gasteiger partial charge in [-0.2, -0.15) is 0 Å². The van der Waals surface area contributed by atoms with E-state index in [1.165, 1.54) is 0 Å². The molecule has 148 valence electrons. The fourth-order valence-electron chi connectivity index (χ4n) is 5.01. The fourth-order valence-corrected chi connectivity index (χ4v) is 5.01. The molecule has 0 spiro atoms. The normalized spacial score (nSPS) is 16.5. The lowest BCUT2D eigenvalue weighted by Crippen LogP contribution is -2.31. The summed E-state index contributed by atoms with van der Waals surface area (Å²) in [6.45, 7) is 2.13. The van der Waals surface area contributed by atoms with Crippen molar-refractivity contribution in [1.82, 2.24) is 4.98 Å². The van der Waals surface area contributed by atoms with Crippen LogP contribution < -0.4 is 4.57 Å². The van der Waals surface area contributed by atoms with Gasteiger partial charge in [0.1, 0.15) is 7.05 Å². The Morgan fingerprint density at radius 2 is 1.90 bits per heavy atom. The van der Waals surface area contributed by atoms with Gasteiger partial charge in [-0.25, -0.2) is 9.55 Å². The van der Waals surface area contributed by atoms with Gasteiger partial charge in [-0.15, -0.1) is 0 Å². The van der Waals surface area contributed by atoms with Gasteiger partial charge in [-0.1, -0.05) is 49.2 Å². The molecule has 1 aliphatic carbocycles. The number of hydrogen-bond acceptors (Lipinski definition) is 2. The van der Waals surface area contributed by atoms with Crippen molar-refractivity contribution in [2.75, 3.05) is 0 Å². The van der Waals surface area contributed by atoms with Gasteiger partial charge in [0, 0.05) is 30.5 Å². The highest BCUT2D eigenvalue weighted by Crippen LogP contribution is 2.40. The van der Waals surface area contributed by atoms with E-state index in [-0.39, 0.29) is 0 Å². The van der Waals surface area contributed by atoms with Crippen LogP contribution in [-0.2, 0) is 7.05 Å². The number of furan rings is 1. The van der Waals surface area contributed by atoms with Gasteiger partial charge in [0.2, 0.25) is 11.4 Å². The van der Waals surface area contributed by atoms with Crippen molar-refractivity contribution in [2.45, 2.75) is 38.5 Å². The Kier molecular flexibility index (Phi) is 3.68. The van der Waals surface area contributed by atoms with E-state index in [1.807, 2.05) is 12.3 Å². The molecule has 1 aliphatic rings. The first-order valence-electron chi connectivity index (χ1n) is 11.3. The second kappa shape index (κ2) is 6.66. The van der Waals surface area contributed by atoms with Crippen molar-refractivity contribution >= 4 is 32.8 Å². The number of hydrogen-bond donors (Lipinski definition) is 0. The van der Waals surface area contributed by atoms with E-state index in [0.29, 0.717) is 5.71 Å². The molecule has 3 heterocycles. The van der Waals surface area contributed by atoms with E-state index in [4.69, 9.17) is 5.79 Å². The summed E-state index contributed by atoms with van der Waals surface area (Å²) in [6, 6.07) is 17.0. The monoisotopic (exact) mass is 394 g/mol. The minimum absolute atomic E-state index is 0.476. The zero-order valence-electron chi connectivity index (χ0n) is 18.4. The first-order valence-corrected chi connectivity index (χ1v) is 10.8. The Morgan fingerprint density at radius 3 is 2.77 bits per heavy atom. The molecular weight excluding hydrogens is 368 g/mol. The zero-order chi connectivity index (χ0) is 21.2. The molecule has 3 aromatic heterocycles. The lowest BCUT2D eigenvalue weighted by Gasteiger charge is -2.11. The molecule has 0 amide bonds. The minimum atomic E-state index is -0.476. The van der Waals surface area contributed by atoms with Crippen LogP contribution in [0.5, 0.6) is 0 Å². The summed E-state index contributed by atoms with van der Waals surface area (Å²) in [6.07, 6.45) is 8.12. The summed E-state index contributed by atoms with van der Waals surface area (Å²) >= 11 is 0. The number of fused-ring (bicyclic) bond motifs is 5. The molecule has 30 heavy (non-hydrogen) atoms. The Labute approximate surface area is 177 Å². The Hall–Kier alpha value is -3.20. The van der Waals surface area contributed by atoms with Crippen molar-refractivity contribution in [3.63, 3.8) is 0 Å². The summed E-state index contributed by atoms with van der Waals surface area (Å²) in [5.41, 5.74) is 5.99. The SMILES string of the molecule is [2H]C1(c2cc[n+](C)c(-c3c(C)ccc4c3oc3ncc5ccccc5c34)c2)CCCC1. The fraction of sp³-hybridized carbons (Fsp3) is 0.259. The first-order chi connectivity index (χ1) is 15.0. The molecule has 0 aliphatic heterocycles. The van der Waals surface area contributed by atoms with Gasteiger partial charge in [0.25, 0.3) is 0 Å². The van der Waals surface area contributed by atoms with Gasteiger partial charge >= 0.3 is 0 Å². The Balaban J connectivity index is 1.67. The van der Waals surface area contributed by atoms with Crippen LogP contribution in [0.1, 0.15) is 44.1 Å². The van der Waals surface area contributed by atoms with Crippen LogP contribution in [0.15, 0.2) is 65.3 Å². The topological polar surface area (TPSA) is 29.9 Å². The lowest BCUT2D eigenvalue weighted by molar-refractivity contribution is -0.660. The molecule has 5 aromatic rings. The lowest BCUT2D eigenvalue weighted by atomic mass is 9.94. The predicted octanol–water partition coefficient (Wildman–Crippen LogP) is 6.59. The van der Waals surface area contributed by atoms with Gasteiger partial charge in [0.05, 0.1) is 10.9 Å². The van der Waals surface area contributed by atoms with E-state index in [1.54, 1.807) is 0 Å². The van der Waals surface area contributed by atoms with Crippen LogP contribution >= 0.6 is 0 Å². The summed E-state index contributed by atoms with van der Waals surface area (Å²) < 4.78 is 17.5.